The van der Waals surface area contributed by atoms with E-state index in [9.17, 15) is 14.4 Å². The summed E-state index contributed by atoms with van der Waals surface area (Å²) >= 11 is 0. The number of esters is 1. The zero-order valence-electron chi connectivity index (χ0n) is 15.7. The first-order valence-electron chi connectivity index (χ1n) is 8.55. The normalized spacial score (nSPS) is 10.1. The van der Waals surface area contributed by atoms with Crippen LogP contribution in [0.3, 0.4) is 0 Å². The molecule has 0 aliphatic heterocycles. The molecule has 2 aromatic carbocycles. The molecule has 0 atom stereocenters. The van der Waals surface area contributed by atoms with E-state index in [-0.39, 0.29) is 30.9 Å². The third kappa shape index (κ3) is 5.73. The van der Waals surface area contributed by atoms with Crippen LogP contribution in [0.25, 0.3) is 0 Å². The molecule has 0 spiro atoms. The van der Waals surface area contributed by atoms with Crippen LogP contribution in [0.4, 0.5) is 0 Å². The zero-order valence-corrected chi connectivity index (χ0v) is 15.7. The van der Waals surface area contributed by atoms with Crippen molar-refractivity contribution in [2.75, 3.05) is 20.3 Å². The average molecular weight is 386 g/mol. The van der Waals surface area contributed by atoms with Crippen molar-refractivity contribution in [3.8, 4) is 17.2 Å². The number of carbonyl (C=O) groups excluding carboxylic acids is 3. The summed E-state index contributed by atoms with van der Waals surface area (Å²) in [5.41, 5.74) is 6.10. The van der Waals surface area contributed by atoms with Crippen molar-refractivity contribution in [2.24, 2.45) is 5.73 Å². The molecule has 2 aromatic rings. The minimum Gasteiger partial charge on any atom is -0.493 e. The highest BCUT2D eigenvalue weighted by atomic mass is 16.5. The Kier molecular flexibility index (Phi) is 7.38. The summed E-state index contributed by atoms with van der Waals surface area (Å²) in [6.07, 6.45) is 0.00858. The van der Waals surface area contributed by atoms with Crippen LogP contribution in [0.2, 0.25) is 0 Å². The molecule has 3 N–H and O–H groups in total. The van der Waals surface area contributed by atoms with Crippen LogP contribution in [0.5, 0.6) is 17.2 Å². The van der Waals surface area contributed by atoms with Gasteiger partial charge in [0, 0.05) is 12.5 Å². The topological polar surface area (TPSA) is 117 Å². The molecule has 148 valence electrons. The van der Waals surface area contributed by atoms with Gasteiger partial charge in [-0.25, -0.2) is 0 Å². The number of ether oxygens (including phenoxy) is 3. The zero-order chi connectivity index (χ0) is 20.5. The second kappa shape index (κ2) is 9.96. The van der Waals surface area contributed by atoms with Crippen molar-refractivity contribution in [1.82, 2.24) is 5.32 Å². The van der Waals surface area contributed by atoms with Gasteiger partial charge in [-0.1, -0.05) is 24.3 Å². The van der Waals surface area contributed by atoms with Crippen LogP contribution in [-0.2, 0) is 16.0 Å². The first kappa shape index (κ1) is 20.8. The van der Waals surface area contributed by atoms with Gasteiger partial charge in [0.15, 0.2) is 11.5 Å². The molecule has 8 nitrogen and oxygen atoms in total. The second-order valence-electron chi connectivity index (χ2n) is 5.79. The van der Waals surface area contributed by atoms with Gasteiger partial charge in [0.25, 0.3) is 5.91 Å². The Morgan fingerprint density at radius 3 is 2.43 bits per heavy atom. The Labute approximate surface area is 162 Å². The summed E-state index contributed by atoms with van der Waals surface area (Å²) in [4.78, 5) is 34.7. The molecule has 0 unspecified atom stereocenters. The summed E-state index contributed by atoms with van der Waals surface area (Å²) in [6.45, 7) is 1.58. The van der Waals surface area contributed by atoms with Gasteiger partial charge < -0.3 is 25.3 Å². The van der Waals surface area contributed by atoms with Gasteiger partial charge in [-0.15, -0.1) is 0 Å². The van der Waals surface area contributed by atoms with Crippen LogP contribution in [0, 0.1) is 0 Å². The van der Waals surface area contributed by atoms with Crippen molar-refractivity contribution in [1.29, 1.82) is 0 Å². The highest BCUT2D eigenvalue weighted by molar-refractivity contribution is 5.97. The molecule has 28 heavy (non-hydrogen) atoms. The Balaban J connectivity index is 1.99. The summed E-state index contributed by atoms with van der Waals surface area (Å²) in [7, 11) is 1.49. The van der Waals surface area contributed by atoms with E-state index in [0.717, 1.165) is 0 Å². The van der Waals surface area contributed by atoms with Crippen molar-refractivity contribution in [3.05, 3.63) is 53.6 Å². The molecule has 8 heteroatoms. The lowest BCUT2D eigenvalue weighted by Gasteiger charge is -2.15. The van der Waals surface area contributed by atoms with Gasteiger partial charge in [0.1, 0.15) is 12.4 Å². The molecule has 0 aliphatic carbocycles. The van der Waals surface area contributed by atoms with E-state index < -0.39 is 17.8 Å². The van der Waals surface area contributed by atoms with Crippen LogP contribution < -0.4 is 25.3 Å². The third-order valence-corrected chi connectivity index (χ3v) is 3.66. The largest absolute Gasteiger partial charge is 0.493 e. The number of nitrogens with one attached hydrogen (secondary N) is 1. The molecule has 0 aliphatic rings. The molecule has 0 bridgehead atoms. The molecule has 0 saturated heterocycles. The highest BCUT2D eigenvalue weighted by Crippen LogP contribution is 2.31. The van der Waals surface area contributed by atoms with E-state index in [4.69, 9.17) is 19.9 Å². The molecule has 0 aromatic heterocycles. The summed E-state index contributed by atoms with van der Waals surface area (Å²) in [5, 5.41) is 2.69. The molecule has 2 rings (SSSR count). The summed E-state index contributed by atoms with van der Waals surface area (Å²) < 4.78 is 16.0. The maximum Gasteiger partial charge on any atom is 0.308 e. The lowest BCUT2D eigenvalue weighted by molar-refractivity contribution is -0.131. The van der Waals surface area contributed by atoms with Gasteiger partial charge in [-0.3, -0.25) is 14.4 Å². The molecule has 0 heterocycles. The monoisotopic (exact) mass is 386 g/mol. The highest BCUT2D eigenvalue weighted by Gasteiger charge is 2.15. The van der Waals surface area contributed by atoms with Gasteiger partial charge >= 0.3 is 5.97 Å². The predicted octanol–water partition coefficient (Wildman–Crippen LogP) is 1.46. The number of methoxy groups -OCH3 is 1. The number of hydrogen-bond donors (Lipinski definition) is 2. The summed E-state index contributed by atoms with van der Waals surface area (Å²) in [6, 6.07) is 11.6. The fourth-order valence-corrected chi connectivity index (χ4v) is 2.52. The molecular weight excluding hydrogens is 364 g/mol. The van der Waals surface area contributed by atoms with Crippen molar-refractivity contribution < 1.29 is 28.6 Å². The quantitative estimate of drug-likeness (QED) is 0.383. The van der Waals surface area contributed by atoms with Crippen molar-refractivity contribution >= 4 is 17.8 Å². The third-order valence-electron chi connectivity index (χ3n) is 3.66. The van der Waals surface area contributed by atoms with Gasteiger partial charge in [-0.2, -0.15) is 0 Å². The molecule has 2 amide bonds. The number of rotatable bonds is 9. The number of amides is 2. The second-order valence-corrected chi connectivity index (χ2v) is 5.79. The van der Waals surface area contributed by atoms with E-state index in [1.54, 1.807) is 36.4 Å². The number of hydrogen-bond acceptors (Lipinski definition) is 6. The SMILES string of the molecule is COc1cccc(CC(N)=O)c1OCCNC(=O)c1ccccc1OC(C)=O. The Bertz CT molecular complexity index is 866. The van der Waals surface area contributed by atoms with E-state index in [0.29, 0.717) is 17.1 Å². The Hall–Kier alpha value is -3.55. The first-order valence-corrected chi connectivity index (χ1v) is 8.55. The minimum atomic E-state index is -0.512. The lowest BCUT2D eigenvalue weighted by atomic mass is 10.1. The van der Waals surface area contributed by atoms with Gasteiger partial charge in [-0.05, 0) is 18.2 Å². The maximum atomic E-state index is 12.4. The van der Waals surface area contributed by atoms with E-state index in [2.05, 4.69) is 5.32 Å². The number of benzene rings is 2. The van der Waals surface area contributed by atoms with Gasteiger partial charge in [0.05, 0.1) is 25.6 Å². The lowest BCUT2D eigenvalue weighted by Crippen LogP contribution is -2.29. The molecule has 0 saturated carbocycles. The number of carbonyl (C=O) groups is 3. The maximum absolute atomic E-state index is 12.4. The fourth-order valence-electron chi connectivity index (χ4n) is 2.52. The van der Waals surface area contributed by atoms with Crippen LogP contribution >= 0.6 is 0 Å². The van der Waals surface area contributed by atoms with Crippen LogP contribution in [-0.4, -0.2) is 38.0 Å². The predicted molar refractivity (Wildman–Crippen MR) is 101 cm³/mol. The van der Waals surface area contributed by atoms with E-state index in [1.165, 1.54) is 20.1 Å². The number of nitrogens with two attached hydrogens (primary N) is 1. The van der Waals surface area contributed by atoms with Crippen molar-refractivity contribution in [2.45, 2.75) is 13.3 Å². The molecule has 0 radical (unpaired) electrons. The number of primary amides is 1. The average Bonchev–Trinajstić information content (AvgIpc) is 2.65. The van der Waals surface area contributed by atoms with Gasteiger partial charge in [0.2, 0.25) is 5.91 Å². The van der Waals surface area contributed by atoms with Crippen LogP contribution in [0.15, 0.2) is 42.5 Å². The van der Waals surface area contributed by atoms with E-state index >= 15 is 0 Å². The first-order chi connectivity index (χ1) is 13.4. The van der Waals surface area contributed by atoms with Crippen LogP contribution in [0.1, 0.15) is 22.8 Å². The smallest absolute Gasteiger partial charge is 0.308 e. The minimum absolute atomic E-state index is 0.00858. The standard InChI is InChI=1S/C20H22N2O6/c1-13(23)28-16-8-4-3-7-15(16)20(25)22-10-11-27-19-14(12-18(21)24)6-5-9-17(19)26-2/h3-9H,10-12H2,1-2H3,(H2,21,24)(H,22,25). The number of para-hydroxylation sites is 2. The summed E-state index contributed by atoms with van der Waals surface area (Å²) in [5.74, 6) is -0.362. The molecule has 0 fully saturated rings. The van der Waals surface area contributed by atoms with E-state index in [1.807, 2.05) is 0 Å². The fraction of sp³-hybridized carbons (Fsp3) is 0.250. The Morgan fingerprint density at radius 2 is 1.75 bits per heavy atom. The van der Waals surface area contributed by atoms with Crippen molar-refractivity contribution in [3.63, 3.8) is 0 Å². The Morgan fingerprint density at radius 1 is 1.04 bits per heavy atom. The molecular formula is C20H22N2O6.